The van der Waals surface area contributed by atoms with Crippen LogP contribution in [0, 0.1) is 0 Å². The summed E-state index contributed by atoms with van der Waals surface area (Å²) in [6.07, 6.45) is 1.52. The van der Waals surface area contributed by atoms with Crippen LogP contribution < -0.4 is 0 Å². The lowest BCUT2D eigenvalue weighted by Crippen LogP contribution is -2.53. The summed E-state index contributed by atoms with van der Waals surface area (Å²) in [4.78, 5) is 37.7. The Morgan fingerprint density at radius 3 is 2.50 bits per heavy atom. The maximum Gasteiger partial charge on any atom is 0.326 e. The van der Waals surface area contributed by atoms with Gasteiger partial charge in [-0.3, -0.25) is 4.79 Å². The molecule has 1 aromatic rings. The number of urea groups is 1. The number of benzene rings is 1. The lowest BCUT2D eigenvalue weighted by atomic mass is 9.94. The Morgan fingerprint density at radius 1 is 1.25 bits per heavy atom. The fourth-order valence-electron chi connectivity index (χ4n) is 2.78. The van der Waals surface area contributed by atoms with Gasteiger partial charge in [-0.2, -0.15) is 0 Å². The van der Waals surface area contributed by atoms with Gasteiger partial charge in [-0.25, -0.2) is 9.59 Å². The average molecular weight is 332 g/mol. The van der Waals surface area contributed by atoms with Gasteiger partial charge in [-0.1, -0.05) is 30.3 Å². The molecule has 0 unspecified atom stereocenters. The first-order valence-electron chi connectivity index (χ1n) is 7.62. The molecule has 7 nitrogen and oxygen atoms in total. The van der Waals surface area contributed by atoms with Crippen LogP contribution in [0.15, 0.2) is 36.9 Å². The predicted molar refractivity (Wildman–Crippen MR) is 86.5 cm³/mol. The van der Waals surface area contributed by atoms with Gasteiger partial charge < -0.3 is 20.0 Å². The molecule has 0 saturated heterocycles. The molecule has 7 heteroatoms. The fraction of sp³-hybridized carbons (Fsp3) is 0.353. The number of hydrogen-bond donors (Lipinski definition) is 2. The monoisotopic (exact) mass is 332 g/mol. The number of fused-ring (bicyclic) bond motifs is 1. The molecule has 24 heavy (non-hydrogen) atoms. The van der Waals surface area contributed by atoms with Gasteiger partial charge in [0.2, 0.25) is 0 Å². The van der Waals surface area contributed by atoms with Crippen LogP contribution in [0.1, 0.15) is 17.5 Å². The van der Waals surface area contributed by atoms with E-state index in [9.17, 15) is 19.5 Å². The highest BCUT2D eigenvalue weighted by Gasteiger charge is 2.36. The second-order valence-corrected chi connectivity index (χ2v) is 5.62. The Kier molecular flexibility index (Phi) is 5.57. The lowest BCUT2D eigenvalue weighted by Gasteiger charge is -2.37. The summed E-state index contributed by atoms with van der Waals surface area (Å²) in [6, 6.07) is 5.95. The van der Waals surface area contributed by atoms with Crippen LogP contribution in [0.2, 0.25) is 0 Å². The highest BCUT2D eigenvalue weighted by Crippen LogP contribution is 2.24. The Morgan fingerprint density at radius 2 is 1.92 bits per heavy atom. The molecule has 1 aliphatic heterocycles. The number of carboxylic acid groups (broad SMARTS) is 2. The van der Waals surface area contributed by atoms with Crippen LogP contribution in [0.5, 0.6) is 0 Å². The normalized spacial score (nSPS) is 16.2. The summed E-state index contributed by atoms with van der Waals surface area (Å²) in [5, 5.41) is 18.3. The van der Waals surface area contributed by atoms with Crippen LogP contribution in [-0.4, -0.2) is 57.1 Å². The van der Waals surface area contributed by atoms with Crippen molar-refractivity contribution in [2.75, 3.05) is 13.1 Å². The third-order valence-corrected chi connectivity index (χ3v) is 3.99. The zero-order chi connectivity index (χ0) is 17.7. The minimum absolute atomic E-state index is 0.00464. The topological polar surface area (TPSA) is 98.2 Å². The molecule has 1 heterocycles. The van der Waals surface area contributed by atoms with Crippen molar-refractivity contribution in [2.45, 2.75) is 25.4 Å². The van der Waals surface area contributed by atoms with E-state index in [0.717, 1.165) is 11.1 Å². The molecule has 0 saturated carbocycles. The van der Waals surface area contributed by atoms with Gasteiger partial charge in [0.05, 0.1) is 6.42 Å². The van der Waals surface area contributed by atoms with Gasteiger partial charge in [-0.15, -0.1) is 6.58 Å². The molecule has 1 aliphatic rings. The number of nitrogens with zero attached hydrogens (tertiary/aromatic N) is 2. The molecular formula is C17H20N2O5. The van der Waals surface area contributed by atoms with E-state index in [1.54, 1.807) is 0 Å². The molecule has 128 valence electrons. The molecule has 2 rings (SSSR count). The SMILES string of the molecule is C=CCN(CCC(=O)O)C(=O)N1Cc2ccccc2C[C@H]1C(=O)O. The number of aliphatic carboxylic acids is 2. The minimum Gasteiger partial charge on any atom is -0.481 e. The van der Waals surface area contributed by atoms with Crippen molar-refractivity contribution in [1.29, 1.82) is 0 Å². The van der Waals surface area contributed by atoms with Crippen molar-refractivity contribution in [2.24, 2.45) is 0 Å². The molecular weight excluding hydrogens is 312 g/mol. The predicted octanol–water partition coefficient (Wildman–Crippen LogP) is 1.58. The van der Waals surface area contributed by atoms with Crippen molar-refractivity contribution in [3.05, 3.63) is 48.0 Å². The molecule has 0 radical (unpaired) electrons. The highest BCUT2D eigenvalue weighted by atomic mass is 16.4. The molecule has 1 atom stereocenters. The number of amides is 2. The Labute approximate surface area is 139 Å². The second kappa shape index (κ2) is 7.63. The standard InChI is InChI=1S/C17H20N2O5/c1-2-8-18(9-7-15(20)21)17(24)19-11-13-6-4-3-5-12(13)10-14(19)16(22)23/h2-6,14H,1,7-11H2,(H,20,21)(H,22,23)/t14-/m0/s1. The number of carbonyl (C=O) groups is 3. The van der Waals surface area contributed by atoms with Crippen molar-refractivity contribution in [1.82, 2.24) is 9.80 Å². The number of carbonyl (C=O) groups excluding carboxylic acids is 1. The summed E-state index contributed by atoms with van der Waals surface area (Å²) < 4.78 is 0. The first kappa shape index (κ1) is 17.5. The third kappa shape index (κ3) is 3.92. The Balaban J connectivity index is 2.25. The molecule has 1 aromatic carbocycles. The van der Waals surface area contributed by atoms with Crippen molar-refractivity contribution in [3.8, 4) is 0 Å². The fourth-order valence-corrected chi connectivity index (χ4v) is 2.78. The van der Waals surface area contributed by atoms with E-state index in [2.05, 4.69) is 6.58 Å². The lowest BCUT2D eigenvalue weighted by molar-refractivity contribution is -0.143. The largest absolute Gasteiger partial charge is 0.481 e. The number of rotatable bonds is 6. The summed E-state index contributed by atoms with van der Waals surface area (Å²) >= 11 is 0. The van der Waals surface area contributed by atoms with Crippen LogP contribution in [0.4, 0.5) is 4.79 Å². The van der Waals surface area contributed by atoms with Gasteiger partial charge in [0.25, 0.3) is 0 Å². The van der Waals surface area contributed by atoms with Gasteiger partial charge in [-0.05, 0) is 11.1 Å². The van der Waals surface area contributed by atoms with Crippen LogP contribution in [0.25, 0.3) is 0 Å². The molecule has 2 N–H and O–H groups in total. The third-order valence-electron chi connectivity index (χ3n) is 3.99. The zero-order valence-electron chi connectivity index (χ0n) is 13.2. The van der Waals surface area contributed by atoms with Crippen LogP contribution in [0.3, 0.4) is 0 Å². The van der Waals surface area contributed by atoms with Gasteiger partial charge in [0, 0.05) is 26.1 Å². The first-order valence-corrected chi connectivity index (χ1v) is 7.62. The van der Waals surface area contributed by atoms with Crippen LogP contribution >= 0.6 is 0 Å². The van der Waals surface area contributed by atoms with Gasteiger partial charge in [0.1, 0.15) is 6.04 Å². The molecule has 0 fully saturated rings. The molecule has 0 aliphatic carbocycles. The van der Waals surface area contributed by atoms with E-state index in [4.69, 9.17) is 5.11 Å². The van der Waals surface area contributed by atoms with Crippen LogP contribution in [-0.2, 0) is 22.6 Å². The molecule has 0 bridgehead atoms. The van der Waals surface area contributed by atoms with E-state index in [0.29, 0.717) is 0 Å². The minimum atomic E-state index is -1.07. The van der Waals surface area contributed by atoms with Crippen molar-refractivity contribution in [3.63, 3.8) is 0 Å². The first-order chi connectivity index (χ1) is 11.4. The summed E-state index contributed by atoms with van der Waals surface area (Å²) in [5.74, 6) is -2.09. The van der Waals surface area contributed by atoms with E-state index < -0.39 is 24.0 Å². The summed E-state index contributed by atoms with van der Waals surface area (Å²) in [7, 11) is 0. The number of hydrogen-bond acceptors (Lipinski definition) is 3. The Bertz CT molecular complexity index is 658. The quantitative estimate of drug-likeness (QED) is 0.771. The van der Waals surface area contributed by atoms with E-state index >= 15 is 0 Å². The smallest absolute Gasteiger partial charge is 0.326 e. The average Bonchev–Trinajstić information content (AvgIpc) is 2.56. The van der Waals surface area contributed by atoms with E-state index in [-0.39, 0.29) is 32.5 Å². The highest BCUT2D eigenvalue weighted by molar-refractivity contribution is 5.84. The van der Waals surface area contributed by atoms with E-state index in [1.807, 2.05) is 24.3 Å². The van der Waals surface area contributed by atoms with Gasteiger partial charge >= 0.3 is 18.0 Å². The maximum atomic E-state index is 12.8. The van der Waals surface area contributed by atoms with E-state index in [1.165, 1.54) is 15.9 Å². The second-order valence-electron chi connectivity index (χ2n) is 5.62. The maximum absolute atomic E-state index is 12.8. The summed E-state index contributed by atoms with van der Waals surface area (Å²) in [6.45, 7) is 3.92. The number of carboxylic acids is 2. The Hall–Kier alpha value is -2.83. The summed E-state index contributed by atoms with van der Waals surface area (Å²) in [5.41, 5.74) is 1.81. The molecule has 0 aromatic heterocycles. The molecule has 0 spiro atoms. The molecule has 2 amide bonds. The van der Waals surface area contributed by atoms with Gasteiger partial charge in [0.15, 0.2) is 0 Å². The van der Waals surface area contributed by atoms with Crippen molar-refractivity contribution < 1.29 is 24.6 Å². The zero-order valence-corrected chi connectivity index (χ0v) is 13.2. The van der Waals surface area contributed by atoms with Crippen molar-refractivity contribution >= 4 is 18.0 Å².